The van der Waals surface area contributed by atoms with Crippen LogP contribution in [0.3, 0.4) is 0 Å². The molecule has 0 aromatic carbocycles. The average Bonchev–Trinajstić information content (AvgIpc) is 2.40. The Hall–Kier alpha value is -2.00. The fraction of sp³-hybridized carbons (Fsp3) is 0.250. The predicted octanol–water partition coefficient (Wildman–Crippen LogP) is 2.07. The van der Waals surface area contributed by atoms with Crippen LogP contribution in [-0.2, 0) is 9.53 Å². The summed E-state index contributed by atoms with van der Waals surface area (Å²) in [5.41, 5.74) is 1.67. The standard InChI is InChI=1S/C12H13N3O2S/c1-8-4-5-14-7-10(8)15-11(18-3)9(6-13)12(16)17-2/h4-5,7,15H,1-3H3. The summed E-state index contributed by atoms with van der Waals surface area (Å²) in [6, 6.07) is 3.68. The number of hydrogen-bond acceptors (Lipinski definition) is 6. The smallest absolute Gasteiger partial charge is 0.351 e. The van der Waals surface area contributed by atoms with Gasteiger partial charge in [-0.25, -0.2) is 4.79 Å². The number of rotatable bonds is 4. The molecule has 0 fully saturated rings. The molecule has 94 valence electrons. The molecule has 18 heavy (non-hydrogen) atoms. The number of aromatic nitrogens is 1. The quantitative estimate of drug-likeness (QED) is 0.509. The van der Waals surface area contributed by atoms with E-state index in [9.17, 15) is 4.79 Å². The zero-order valence-corrected chi connectivity index (χ0v) is 11.2. The van der Waals surface area contributed by atoms with Gasteiger partial charge >= 0.3 is 5.97 Å². The minimum absolute atomic E-state index is 0.0479. The summed E-state index contributed by atoms with van der Waals surface area (Å²) in [5, 5.41) is 12.5. The van der Waals surface area contributed by atoms with Crippen molar-refractivity contribution in [1.29, 1.82) is 5.26 Å². The van der Waals surface area contributed by atoms with Gasteiger partial charge < -0.3 is 10.1 Å². The minimum Gasteiger partial charge on any atom is -0.465 e. The van der Waals surface area contributed by atoms with Gasteiger partial charge in [-0.05, 0) is 24.8 Å². The first-order valence-electron chi connectivity index (χ1n) is 5.08. The fourth-order valence-electron chi connectivity index (χ4n) is 1.22. The SMILES string of the molecule is COC(=O)C(C#N)=C(Nc1cnccc1C)SC. The van der Waals surface area contributed by atoms with Crippen LogP contribution in [0.25, 0.3) is 0 Å². The molecule has 0 aliphatic heterocycles. The van der Waals surface area contributed by atoms with Crippen LogP contribution in [0.5, 0.6) is 0 Å². The Morgan fingerprint density at radius 3 is 2.83 bits per heavy atom. The number of carbonyl (C=O) groups is 1. The van der Waals surface area contributed by atoms with E-state index in [2.05, 4.69) is 15.0 Å². The molecule has 0 saturated carbocycles. The molecule has 1 aromatic heterocycles. The van der Waals surface area contributed by atoms with Crippen LogP contribution >= 0.6 is 11.8 Å². The Labute approximate surface area is 110 Å². The summed E-state index contributed by atoms with van der Waals surface area (Å²) >= 11 is 1.27. The van der Waals surface area contributed by atoms with Gasteiger partial charge in [0.1, 0.15) is 6.07 Å². The number of esters is 1. The highest BCUT2D eigenvalue weighted by molar-refractivity contribution is 8.02. The topological polar surface area (TPSA) is 75.0 Å². The van der Waals surface area contributed by atoms with Crippen molar-refractivity contribution in [3.05, 3.63) is 34.6 Å². The van der Waals surface area contributed by atoms with Gasteiger partial charge in [0.2, 0.25) is 0 Å². The molecule has 1 rings (SSSR count). The van der Waals surface area contributed by atoms with Gasteiger partial charge in [-0.15, -0.1) is 11.8 Å². The number of pyridine rings is 1. The van der Waals surface area contributed by atoms with Crippen molar-refractivity contribution >= 4 is 23.4 Å². The van der Waals surface area contributed by atoms with Gasteiger partial charge in [0.15, 0.2) is 5.57 Å². The summed E-state index contributed by atoms with van der Waals surface area (Å²) in [6.45, 7) is 1.91. The molecule has 0 atom stereocenters. The van der Waals surface area contributed by atoms with Crippen molar-refractivity contribution in [2.75, 3.05) is 18.7 Å². The molecule has 0 saturated heterocycles. The zero-order valence-electron chi connectivity index (χ0n) is 10.4. The number of methoxy groups -OCH3 is 1. The first kappa shape index (κ1) is 14.1. The summed E-state index contributed by atoms with van der Waals surface area (Å²) < 4.78 is 4.57. The van der Waals surface area contributed by atoms with E-state index in [1.165, 1.54) is 18.9 Å². The van der Waals surface area contributed by atoms with Crippen molar-refractivity contribution in [3.63, 3.8) is 0 Å². The number of anilines is 1. The molecule has 6 heteroatoms. The number of ether oxygens (including phenoxy) is 1. The molecular formula is C12H13N3O2S. The van der Waals surface area contributed by atoms with E-state index in [0.29, 0.717) is 5.03 Å². The van der Waals surface area contributed by atoms with E-state index in [1.807, 2.05) is 19.1 Å². The highest BCUT2D eigenvalue weighted by Gasteiger charge is 2.16. The average molecular weight is 263 g/mol. The molecule has 0 unspecified atom stereocenters. The van der Waals surface area contributed by atoms with E-state index >= 15 is 0 Å². The number of carbonyl (C=O) groups excluding carboxylic acids is 1. The highest BCUT2D eigenvalue weighted by atomic mass is 32.2. The van der Waals surface area contributed by atoms with Gasteiger partial charge in [-0.3, -0.25) is 4.98 Å². The lowest BCUT2D eigenvalue weighted by molar-refractivity contribution is -0.135. The van der Waals surface area contributed by atoms with Crippen molar-refractivity contribution in [2.24, 2.45) is 0 Å². The summed E-state index contributed by atoms with van der Waals surface area (Å²) in [5.74, 6) is -0.657. The van der Waals surface area contributed by atoms with E-state index < -0.39 is 5.97 Å². The first-order chi connectivity index (χ1) is 8.63. The third-order valence-electron chi connectivity index (χ3n) is 2.22. The summed E-state index contributed by atoms with van der Waals surface area (Å²) in [4.78, 5) is 15.4. The molecule has 5 nitrogen and oxygen atoms in total. The monoisotopic (exact) mass is 263 g/mol. The second-order valence-corrected chi connectivity index (χ2v) is 4.14. The Bertz CT molecular complexity index is 520. The number of thioether (sulfide) groups is 1. The fourth-order valence-corrected chi connectivity index (χ4v) is 1.77. The van der Waals surface area contributed by atoms with Crippen molar-refractivity contribution < 1.29 is 9.53 Å². The van der Waals surface area contributed by atoms with Gasteiger partial charge in [0.25, 0.3) is 0 Å². The molecule has 1 heterocycles. The lowest BCUT2D eigenvalue weighted by Gasteiger charge is -2.11. The van der Waals surface area contributed by atoms with Crippen molar-refractivity contribution in [1.82, 2.24) is 4.98 Å². The molecule has 1 N–H and O–H groups in total. The third-order valence-corrected chi connectivity index (χ3v) is 2.93. The Balaban J connectivity index is 3.12. The van der Waals surface area contributed by atoms with E-state index in [-0.39, 0.29) is 5.57 Å². The van der Waals surface area contributed by atoms with E-state index in [4.69, 9.17) is 5.26 Å². The molecule has 1 aromatic rings. The number of hydrogen-bond donors (Lipinski definition) is 1. The largest absolute Gasteiger partial charge is 0.465 e. The molecule has 0 bridgehead atoms. The Morgan fingerprint density at radius 2 is 2.33 bits per heavy atom. The molecule has 0 aliphatic carbocycles. The lowest BCUT2D eigenvalue weighted by atomic mass is 10.2. The second-order valence-electron chi connectivity index (χ2n) is 3.33. The summed E-state index contributed by atoms with van der Waals surface area (Å²) in [7, 11) is 1.24. The van der Waals surface area contributed by atoms with Crippen LogP contribution in [0.4, 0.5) is 5.69 Å². The minimum atomic E-state index is -0.657. The maximum atomic E-state index is 11.4. The summed E-state index contributed by atoms with van der Waals surface area (Å²) in [6.07, 6.45) is 5.08. The Kier molecular flexibility index (Phi) is 5.21. The zero-order chi connectivity index (χ0) is 13.5. The molecule has 0 spiro atoms. The normalized spacial score (nSPS) is 11.2. The Morgan fingerprint density at radius 1 is 1.61 bits per heavy atom. The highest BCUT2D eigenvalue weighted by Crippen LogP contribution is 2.22. The van der Waals surface area contributed by atoms with Crippen LogP contribution in [0.15, 0.2) is 29.1 Å². The van der Waals surface area contributed by atoms with Gasteiger partial charge in [-0.2, -0.15) is 5.26 Å². The number of nitrogens with zero attached hydrogens (tertiary/aromatic N) is 2. The van der Waals surface area contributed by atoms with Gasteiger partial charge in [-0.1, -0.05) is 0 Å². The van der Waals surface area contributed by atoms with Crippen LogP contribution in [0.2, 0.25) is 0 Å². The van der Waals surface area contributed by atoms with Crippen LogP contribution in [0, 0.1) is 18.3 Å². The van der Waals surface area contributed by atoms with Gasteiger partial charge in [0, 0.05) is 6.20 Å². The maximum absolute atomic E-state index is 11.4. The number of aryl methyl sites for hydroxylation is 1. The number of nitriles is 1. The molecule has 0 amide bonds. The van der Waals surface area contributed by atoms with Gasteiger partial charge in [0.05, 0.1) is 24.0 Å². The van der Waals surface area contributed by atoms with Crippen molar-refractivity contribution in [2.45, 2.75) is 6.92 Å². The van der Waals surface area contributed by atoms with Crippen LogP contribution < -0.4 is 5.32 Å². The molecule has 0 radical (unpaired) electrons. The first-order valence-corrected chi connectivity index (χ1v) is 6.30. The van der Waals surface area contributed by atoms with Crippen LogP contribution in [-0.4, -0.2) is 24.3 Å². The van der Waals surface area contributed by atoms with E-state index in [0.717, 1.165) is 11.3 Å². The second kappa shape index (κ2) is 6.67. The number of nitrogens with one attached hydrogen (secondary N) is 1. The van der Waals surface area contributed by atoms with E-state index in [1.54, 1.807) is 18.6 Å². The third kappa shape index (κ3) is 3.25. The van der Waals surface area contributed by atoms with Crippen molar-refractivity contribution in [3.8, 4) is 6.07 Å². The molecule has 0 aliphatic rings. The predicted molar refractivity (Wildman–Crippen MR) is 70.8 cm³/mol. The molecular weight excluding hydrogens is 250 g/mol. The lowest BCUT2D eigenvalue weighted by Crippen LogP contribution is -2.10. The maximum Gasteiger partial charge on any atom is 0.351 e. The van der Waals surface area contributed by atoms with Crippen LogP contribution in [0.1, 0.15) is 5.56 Å².